The highest BCUT2D eigenvalue weighted by atomic mass is 16.5. The van der Waals surface area contributed by atoms with Gasteiger partial charge in [-0.15, -0.1) is 0 Å². The predicted molar refractivity (Wildman–Crippen MR) is 118 cm³/mol. The van der Waals surface area contributed by atoms with Crippen molar-refractivity contribution in [3.8, 4) is 34.3 Å². The van der Waals surface area contributed by atoms with Gasteiger partial charge in [0.25, 0.3) is 0 Å². The van der Waals surface area contributed by atoms with E-state index in [1.54, 1.807) is 0 Å². The number of aromatic nitrogens is 3. The molecule has 5 aromatic rings. The molecule has 0 aliphatic carbocycles. The number of nitrogens with zero attached hydrogens (tertiary/aromatic N) is 3. The molecule has 0 atom stereocenters. The van der Waals surface area contributed by atoms with Crippen LogP contribution in [-0.2, 0) is 0 Å². The topological polar surface area (TPSA) is 74.6 Å². The number of H-pyrrole nitrogens is 1. The SMILES string of the molecule is CCOc1nc2nc(-c3c[nH]c4ccccc34)ccc2c(-c2ccccc2)c1C#N. The van der Waals surface area contributed by atoms with Crippen molar-refractivity contribution in [2.24, 2.45) is 0 Å². The maximum Gasteiger partial charge on any atom is 0.234 e. The number of hydrogen-bond donors (Lipinski definition) is 1. The first-order valence-corrected chi connectivity index (χ1v) is 9.79. The Balaban J connectivity index is 1.80. The van der Waals surface area contributed by atoms with E-state index in [0.717, 1.165) is 38.7 Å². The van der Waals surface area contributed by atoms with Crippen LogP contribution in [0.2, 0.25) is 0 Å². The Labute approximate surface area is 173 Å². The molecule has 144 valence electrons. The van der Waals surface area contributed by atoms with Crippen LogP contribution in [0, 0.1) is 11.3 Å². The van der Waals surface area contributed by atoms with Crippen LogP contribution in [0.1, 0.15) is 12.5 Å². The van der Waals surface area contributed by atoms with E-state index in [4.69, 9.17) is 9.72 Å². The number of para-hydroxylation sites is 1. The highest BCUT2D eigenvalue weighted by Gasteiger charge is 2.19. The number of hydrogen-bond acceptors (Lipinski definition) is 4. The number of fused-ring (bicyclic) bond motifs is 2. The van der Waals surface area contributed by atoms with Gasteiger partial charge in [-0.25, -0.2) is 4.98 Å². The molecule has 0 radical (unpaired) electrons. The molecule has 0 fully saturated rings. The zero-order valence-electron chi connectivity index (χ0n) is 16.4. The number of nitriles is 1. The summed E-state index contributed by atoms with van der Waals surface area (Å²) in [6.07, 6.45) is 1.96. The molecule has 30 heavy (non-hydrogen) atoms. The van der Waals surface area contributed by atoms with E-state index in [1.165, 1.54) is 0 Å². The van der Waals surface area contributed by atoms with Gasteiger partial charge in [-0.1, -0.05) is 48.5 Å². The molecule has 0 amide bonds. The van der Waals surface area contributed by atoms with Gasteiger partial charge in [0.2, 0.25) is 5.88 Å². The zero-order chi connectivity index (χ0) is 20.5. The van der Waals surface area contributed by atoms with E-state index < -0.39 is 0 Å². The molecule has 0 unspecified atom stereocenters. The monoisotopic (exact) mass is 390 g/mol. The lowest BCUT2D eigenvalue weighted by molar-refractivity contribution is 0.327. The molecule has 3 heterocycles. The molecule has 5 nitrogen and oxygen atoms in total. The van der Waals surface area contributed by atoms with Crippen molar-refractivity contribution in [1.29, 1.82) is 5.26 Å². The molecule has 0 aliphatic heterocycles. The smallest absolute Gasteiger partial charge is 0.234 e. The van der Waals surface area contributed by atoms with Crippen molar-refractivity contribution in [1.82, 2.24) is 15.0 Å². The molecule has 5 rings (SSSR count). The first kappa shape index (κ1) is 17.9. The van der Waals surface area contributed by atoms with E-state index in [2.05, 4.69) is 22.1 Å². The zero-order valence-corrected chi connectivity index (χ0v) is 16.4. The largest absolute Gasteiger partial charge is 0.477 e. The fourth-order valence-corrected chi connectivity index (χ4v) is 3.81. The fourth-order valence-electron chi connectivity index (χ4n) is 3.81. The Morgan fingerprint density at radius 2 is 1.73 bits per heavy atom. The van der Waals surface area contributed by atoms with Crippen LogP contribution in [0.4, 0.5) is 0 Å². The van der Waals surface area contributed by atoms with Crippen molar-refractivity contribution >= 4 is 21.9 Å². The van der Waals surface area contributed by atoms with Gasteiger partial charge in [-0.2, -0.15) is 10.2 Å². The van der Waals surface area contributed by atoms with Crippen LogP contribution in [0.3, 0.4) is 0 Å². The van der Waals surface area contributed by atoms with Gasteiger partial charge < -0.3 is 9.72 Å². The molecule has 5 heteroatoms. The molecular formula is C25H18N4O. The van der Waals surface area contributed by atoms with Crippen LogP contribution in [-0.4, -0.2) is 21.6 Å². The van der Waals surface area contributed by atoms with Crippen molar-refractivity contribution in [2.45, 2.75) is 6.92 Å². The third-order valence-corrected chi connectivity index (χ3v) is 5.14. The van der Waals surface area contributed by atoms with Gasteiger partial charge in [0, 0.05) is 33.6 Å². The highest BCUT2D eigenvalue weighted by Crippen LogP contribution is 2.37. The standard InChI is InChI=1S/C25H18N4O/c1-2-30-25-19(14-26)23(16-8-4-3-5-9-16)18-12-13-22(28-24(18)29-25)20-15-27-21-11-7-6-10-17(20)21/h3-13,15,27H,2H2,1H3. The minimum Gasteiger partial charge on any atom is -0.477 e. The van der Waals surface area contributed by atoms with E-state index in [-0.39, 0.29) is 0 Å². The number of nitrogens with one attached hydrogen (secondary N) is 1. The maximum atomic E-state index is 9.88. The molecule has 1 N–H and O–H groups in total. The number of ether oxygens (including phenoxy) is 1. The Hall–Kier alpha value is -4.17. The molecule has 0 saturated heterocycles. The predicted octanol–water partition coefficient (Wildman–Crippen LogP) is 5.72. The Morgan fingerprint density at radius 1 is 0.933 bits per heavy atom. The van der Waals surface area contributed by atoms with Crippen LogP contribution in [0.25, 0.3) is 44.3 Å². The van der Waals surface area contributed by atoms with Crippen LogP contribution >= 0.6 is 0 Å². The van der Waals surface area contributed by atoms with Gasteiger partial charge in [0.05, 0.1) is 12.3 Å². The summed E-state index contributed by atoms with van der Waals surface area (Å²) >= 11 is 0. The molecule has 0 aliphatic rings. The third kappa shape index (κ3) is 2.87. The summed E-state index contributed by atoms with van der Waals surface area (Å²) in [6.45, 7) is 2.30. The van der Waals surface area contributed by atoms with Gasteiger partial charge >= 0.3 is 0 Å². The summed E-state index contributed by atoms with van der Waals surface area (Å²) in [7, 11) is 0. The van der Waals surface area contributed by atoms with Crippen LogP contribution in [0.15, 0.2) is 72.9 Å². The molecule has 0 saturated carbocycles. The van der Waals surface area contributed by atoms with E-state index in [9.17, 15) is 5.26 Å². The quantitative estimate of drug-likeness (QED) is 0.426. The average Bonchev–Trinajstić information content (AvgIpc) is 3.23. The number of benzene rings is 2. The van der Waals surface area contributed by atoms with Gasteiger partial charge in [-0.05, 0) is 30.7 Å². The summed E-state index contributed by atoms with van der Waals surface area (Å²) in [5, 5.41) is 11.8. The Bertz CT molecular complexity index is 1410. The lowest BCUT2D eigenvalue weighted by Crippen LogP contribution is -2.02. The number of aromatic amines is 1. The molecule has 0 bridgehead atoms. The fraction of sp³-hybridized carbons (Fsp3) is 0.0800. The summed E-state index contributed by atoms with van der Waals surface area (Å²) in [4.78, 5) is 12.8. The minimum absolute atomic E-state index is 0.315. The van der Waals surface area contributed by atoms with E-state index in [0.29, 0.717) is 23.7 Å². The average molecular weight is 390 g/mol. The van der Waals surface area contributed by atoms with Crippen LogP contribution < -0.4 is 4.74 Å². The van der Waals surface area contributed by atoms with E-state index in [1.807, 2.05) is 73.8 Å². The second-order valence-corrected chi connectivity index (χ2v) is 6.89. The van der Waals surface area contributed by atoms with Crippen molar-refractivity contribution in [3.05, 3.63) is 78.5 Å². The van der Waals surface area contributed by atoms with Crippen LogP contribution in [0.5, 0.6) is 5.88 Å². The molecule has 0 spiro atoms. The minimum atomic E-state index is 0.315. The van der Waals surface area contributed by atoms with Gasteiger partial charge in [0.15, 0.2) is 5.65 Å². The summed E-state index contributed by atoms with van der Waals surface area (Å²) in [5.41, 5.74) is 5.60. The number of rotatable bonds is 4. The Kier molecular flexibility index (Phi) is 4.38. The molecule has 2 aromatic carbocycles. The van der Waals surface area contributed by atoms with E-state index >= 15 is 0 Å². The lowest BCUT2D eigenvalue weighted by atomic mass is 9.97. The summed E-state index contributed by atoms with van der Waals surface area (Å²) < 4.78 is 5.72. The summed E-state index contributed by atoms with van der Waals surface area (Å²) in [6, 6.07) is 24.2. The second kappa shape index (κ2) is 7.34. The third-order valence-electron chi connectivity index (χ3n) is 5.14. The van der Waals surface area contributed by atoms with Crippen molar-refractivity contribution in [3.63, 3.8) is 0 Å². The first-order chi connectivity index (χ1) is 14.8. The molecule has 3 aromatic heterocycles. The summed E-state index contributed by atoms with van der Waals surface area (Å²) in [5.74, 6) is 0.315. The highest BCUT2D eigenvalue weighted by molar-refractivity contribution is 6.00. The Morgan fingerprint density at radius 3 is 2.53 bits per heavy atom. The lowest BCUT2D eigenvalue weighted by Gasteiger charge is -2.13. The maximum absolute atomic E-state index is 9.88. The van der Waals surface area contributed by atoms with Gasteiger partial charge in [0.1, 0.15) is 11.6 Å². The number of pyridine rings is 2. The van der Waals surface area contributed by atoms with Crippen molar-refractivity contribution in [2.75, 3.05) is 6.61 Å². The normalized spacial score (nSPS) is 10.9. The molecular weight excluding hydrogens is 372 g/mol. The van der Waals surface area contributed by atoms with Gasteiger partial charge in [-0.3, -0.25) is 0 Å². The van der Waals surface area contributed by atoms with Crippen molar-refractivity contribution < 1.29 is 4.74 Å². The first-order valence-electron chi connectivity index (χ1n) is 9.79. The second-order valence-electron chi connectivity index (χ2n) is 6.89.